The Hall–Kier alpha value is -1.63. The maximum atomic E-state index is 12.3. The molecule has 1 N–H and O–H groups in total. The zero-order valence-corrected chi connectivity index (χ0v) is 8.39. The summed E-state index contributed by atoms with van der Waals surface area (Å²) in [4.78, 5) is 14.2. The van der Waals surface area contributed by atoms with Crippen LogP contribution in [0.4, 0.5) is 13.2 Å². The molecule has 1 heterocycles. The lowest BCUT2D eigenvalue weighted by Crippen LogP contribution is -2.04. The van der Waals surface area contributed by atoms with Crippen LogP contribution in [0, 0.1) is 0 Å². The van der Waals surface area contributed by atoms with E-state index in [1.165, 1.54) is 6.07 Å². The van der Waals surface area contributed by atoms with Crippen molar-refractivity contribution in [3.05, 3.63) is 28.8 Å². The predicted octanol–water partition coefficient (Wildman–Crippen LogP) is 3.01. The molecule has 0 spiro atoms. The molecule has 7 heteroatoms. The number of alkyl halides is 3. The van der Waals surface area contributed by atoms with Crippen molar-refractivity contribution in [2.75, 3.05) is 0 Å². The van der Waals surface area contributed by atoms with E-state index in [1.807, 2.05) is 0 Å². The van der Waals surface area contributed by atoms with Gasteiger partial charge < -0.3 is 5.11 Å². The zero-order chi connectivity index (χ0) is 11.9. The number of hydrogen-bond acceptors (Lipinski definition) is 3. The Labute approximate surface area is 91.2 Å². The summed E-state index contributed by atoms with van der Waals surface area (Å²) in [7, 11) is 0. The summed E-state index contributed by atoms with van der Waals surface area (Å²) in [5.41, 5.74) is -0.778. The average molecular weight is 247 g/mol. The van der Waals surface area contributed by atoms with Crippen molar-refractivity contribution in [3.8, 4) is 0 Å². The Morgan fingerprint density at radius 3 is 2.62 bits per heavy atom. The number of nitrogens with zero attached hydrogens (tertiary/aromatic N) is 1. The largest absolute Gasteiger partial charge is 0.476 e. The van der Waals surface area contributed by atoms with Crippen LogP contribution in [-0.4, -0.2) is 16.1 Å². The van der Waals surface area contributed by atoms with Crippen molar-refractivity contribution in [2.45, 2.75) is 6.18 Å². The maximum absolute atomic E-state index is 12.3. The van der Waals surface area contributed by atoms with Gasteiger partial charge in [-0.15, -0.1) is 11.3 Å². The highest BCUT2D eigenvalue weighted by Crippen LogP contribution is 2.32. The molecule has 1 aromatic carbocycles. The molecule has 2 aromatic rings. The van der Waals surface area contributed by atoms with Crippen molar-refractivity contribution in [3.63, 3.8) is 0 Å². The molecule has 0 aliphatic carbocycles. The predicted molar refractivity (Wildman–Crippen MR) is 51.6 cm³/mol. The first-order valence-electron chi connectivity index (χ1n) is 4.09. The van der Waals surface area contributed by atoms with E-state index in [0.29, 0.717) is 4.70 Å². The number of aromatic carboxylic acids is 1. The van der Waals surface area contributed by atoms with E-state index in [0.717, 1.165) is 23.5 Å². The lowest BCUT2D eigenvalue weighted by atomic mass is 10.2. The smallest absolute Gasteiger partial charge is 0.416 e. The molecule has 0 unspecified atom stereocenters. The Bertz CT molecular complexity index is 561. The van der Waals surface area contributed by atoms with Gasteiger partial charge in [0.05, 0.1) is 15.8 Å². The topological polar surface area (TPSA) is 50.2 Å². The van der Waals surface area contributed by atoms with E-state index < -0.39 is 17.7 Å². The second-order valence-electron chi connectivity index (χ2n) is 3.00. The van der Waals surface area contributed by atoms with Crippen LogP contribution in [0.1, 0.15) is 15.4 Å². The highest BCUT2D eigenvalue weighted by molar-refractivity contribution is 7.20. The Kier molecular flexibility index (Phi) is 2.34. The summed E-state index contributed by atoms with van der Waals surface area (Å²) >= 11 is 0.847. The average Bonchev–Trinajstić information content (AvgIpc) is 2.58. The molecule has 0 fully saturated rings. The number of carboxylic acid groups (broad SMARTS) is 1. The number of fused-ring (bicyclic) bond motifs is 1. The van der Waals surface area contributed by atoms with Crippen LogP contribution < -0.4 is 0 Å². The highest BCUT2D eigenvalue weighted by Gasteiger charge is 2.30. The molecule has 0 saturated carbocycles. The molecule has 0 saturated heterocycles. The first-order chi connectivity index (χ1) is 7.38. The minimum atomic E-state index is -4.44. The second-order valence-corrected chi connectivity index (χ2v) is 4.04. The van der Waals surface area contributed by atoms with E-state index in [4.69, 9.17) is 5.11 Å². The minimum absolute atomic E-state index is 0.0530. The number of aromatic nitrogens is 1. The molecule has 0 radical (unpaired) electrons. The Balaban J connectivity index is 2.58. The molecule has 16 heavy (non-hydrogen) atoms. The lowest BCUT2D eigenvalue weighted by Gasteiger charge is -2.04. The van der Waals surface area contributed by atoms with Crippen LogP contribution in [0.15, 0.2) is 18.2 Å². The normalized spacial score (nSPS) is 11.9. The monoisotopic (exact) mass is 247 g/mol. The molecular weight excluding hydrogens is 243 g/mol. The van der Waals surface area contributed by atoms with Gasteiger partial charge in [-0.1, -0.05) is 0 Å². The van der Waals surface area contributed by atoms with Crippen LogP contribution >= 0.6 is 11.3 Å². The van der Waals surface area contributed by atoms with Crippen LogP contribution in [0.25, 0.3) is 10.2 Å². The number of halogens is 3. The van der Waals surface area contributed by atoms with Crippen molar-refractivity contribution >= 4 is 27.5 Å². The summed E-state index contributed by atoms with van der Waals surface area (Å²) < 4.78 is 37.4. The third kappa shape index (κ3) is 1.85. The number of hydrogen-bond donors (Lipinski definition) is 1. The van der Waals surface area contributed by atoms with E-state index in [9.17, 15) is 18.0 Å². The molecule has 0 atom stereocenters. The quantitative estimate of drug-likeness (QED) is 0.842. The van der Waals surface area contributed by atoms with Gasteiger partial charge in [-0.3, -0.25) is 0 Å². The summed E-state index contributed by atoms with van der Waals surface area (Å²) in [6.07, 6.45) is -4.44. The third-order valence-electron chi connectivity index (χ3n) is 1.90. The number of thiazole rings is 1. The van der Waals surface area contributed by atoms with E-state index in [2.05, 4.69) is 4.98 Å². The SMILES string of the molecule is O=C(O)c1nc2cc(C(F)(F)F)ccc2s1. The molecule has 2 rings (SSSR count). The summed E-state index contributed by atoms with van der Waals surface area (Å²) in [5, 5.41) is 8.43. The summed E-state index contributed by atoms with van der Waals surface area (Å²) in [6, 6.07) is 2.98. The Morgan fingerprint density at radius 2 is 2.06 bits per heavy atom. The van der Waals surface area contributed by atoms with Gasteiger partial charge in [-0.2, -0.15) is 13.2 Å². The molecule has 84 valence electrons. The van der Waals surface area contributed by atoms with Gasteiger partial charge in [0.25, 0.3) is 0 Å². The summed E-state index contributed by atoms with van der Waals surface area (Å²) in [6.45, 7) is 0. The van der Waals surface area contributed by atoms with Gasteiger partial charge in [-0.25, -0.2) is 9.78 Å². The fraction of sp³-hybridized carbons (Fsp3) is 0.111. The minimum Gasteiger partial charge on any atom is -0.476 e. The maximum Gasteiger partial charge on any atom is 0.416 e. The van der Waals surface area contributed by atoms with Crippen LogP contribution in [0.5, 0.6) is 0 Å². The molecular formula is C9H4F3NO2S. The number of carboxylic acids is 1. The number of benzene rings is 1. The highest BCUT2D eigenvalue weighted by atomic mass is 32.1. The zero-order valence-electron chi connectivity index (χ0n) is 7.58. The van der Waals surface area contributed by atoms with Gasteiger partial charge in [0.2, 0.25) is 5.01 Å². The standard InChI is InChI=1S/C9H4F3NO2S/c10-9(11,12)4-1-2-6-5(3-4)13-7(16-6)8(14)15/h1-3H,(H,14,15). The van der Waals surface area contributed by atoms with Crippen LogP contribution in [0.2, 0.25) is 0 Å². The van der Waals surface area contributed by atoms with Crippen molar-refractivity contribution in [2.24, 2.45) is 0 Å². The first-order valence-corrected chi connectivity index (χ1v) is 4.90. The van der Waals surface area contributed by atoms with E-state index >= 15 is 0 Å². The van der Waals surface area contributed by atoms with Crippen LogP contribution in [0.3, 0.4) is 0 Å². The van der Waals surface area contributed by atoms with Gasteiger partial charge in [0, 0.05) is 0 Å². The van der Waals surface area contributed by atoms with Crippen molar-refractivity contribution < 1.29 is 23.1 Å². The molecule has 3 nitrogen and oxygen atoms in total. The van der Waals surface area contributed by atoms with Crippen LogP contribution in [-0.2, 0) is 6.18 Å². The number of rotatable bonds is 1. The Morgan fingerprint density at radius 1 is 1.38 bits per heavy atom. The molecule has 0 amide bonds. The van der Waals surface area contributed by atoms with Gasteiger partial charge in [-0.05, 0) is 18.2 Å². The molecule has 0 aliphatic rings. The fourth-order valence-corrected chi connectivity index (χ4v) is 1.98. The van der Waals surface area contributed by atoms with Gasteiger partial charge in [0.15, 0.2) is 0 Å². The first kappa shape index (κ1) is 10.9. The lowest BCUT2D eigenvalue weighted by molar-refractivity contribution is -0.137. The van der Waals surface area contributed by atoms with Crippen molar-refractivity contribution in [1.82, 2.24) is 4.98 Å². The summed E-state index contributed by atoms with van der Waals surface area (Å²) in [5.74, 6) is -1.24. The van der Waals surface area contributed by atoms with Gasteiger partial charge >= 0.3 is 12.1 Å². The molecule has 0 aliphatic heterocycles. The molecule has 1 aromatic heterocycles. The van der Waals surface area contributed by atoms with Gasteiger partial charge in [0.1, 0.15) is 0 Å². The van der Waals surface area contributed by atoms with E-state index in [1.54, 1.807) is 0 Å². The van der Waals surface area contributed by atoms with E-state index in [-0.39, 0.29) is 10.5 Å². The molecule has 0 bridgehead atoms. The fourth-order valence-electron chi connectivity index (χ4n) is 1.20. The third-order valence-corrected chi connectivity index (χ3v) is 2.92. The van der Waals surface area contributed by atoms with Crippen molar-refractivity contribution in [1.29, 1.82) is 0 Å². The second kappa shape index (κ2) is 3.44. The number of carbonyl (C=O) groups is 1.